The molecule has 1 heterocycles. The van der Waals surface area contributed by atoms with Gasteiger partial charge in [0.25, 0.3) is 0 Å². The van der Waals surface area contributed by atoms with Crippen molar-refractivity contribution < 1.29 is 5.11 Å². The van der Waals surface area contributed by atoms with E-state index in [0.29, 0.717) is 0 Å². The normalized spacial score (nSPS) is 38.8. The van der Waals surface area contributed by atoms with Crippen molar-refractivity contribution in [2.24, 2.45) is 5.92 Å². The molecule has 3 unspecified atom stereocenters. The Labute approximate surface area is 112 Å². The van der Waals surface area contributed by atoms with Crippen molar-refractivity contribution in [1.82, 2.24) is 10.2 Å². The van der Waals surface area contributed by atoms with Crippen LogP contribution in [0.3, 0.4) is 0 Å². The van der Waals surface area contributed by atoms with Crippen LogP contribution in [0.15, 0.2) is 0 Å². The lowest BCUT2D eigenvalue weighted by atomic mass is 9.98. The molecule has 0 bridgehead atoms. The monoisotopic (exact) mass is 254 g/mol. The number of hydrogen-bond donors (Lipinski definition) is 2. The highest BCUT2D eigenvalue weighted by atomic mass is 16.3. The molecule has 3 heteroatoms. The Kier molecular flexibility index (Phi) is 5.05. The number of nitrogens with zero attached hydrogens (tertiary/aromatic N) is 1. The molecule has 0 radical (unpaired) electrons. The van der Waals surface area contributed by atoms with Crippen LogP contribution in [0, 0.1) is 5.92 Å². The zero-order valence-electron chi connectivity index (χ0n) is 12.1. The molecule has 3 nitrogen and oxygen atoms in total. The molecule has 0 aromatic carbocycles. The highest BCUT2D eigenvalue weighted by Gasteiger charge is 2.30. The van der Waals surface area contributed by atoms with E-state index in [1.54, 1.807) is 0 Å². The summed E-state index contributed by atoms with van der Waals surface area (Å²) in [6, 6.07) is 0.735. The average molecular weight is 254 g/mol. The Morgan fingerprint density at radius 3 is 2.83 bits per heavy atom. The van der Waals surface area contributed by atoms with Gasteiger partial charge in [-0.25, -0.2) is 0 Å². The molecule has 2 fully saturated rings. The fourth-order valence-electron chi connectivity index (χ4n) is 3.62. The van der Waals surface area contributed by atoms with E-state index in [-0.39, 0.29) is 0 Å². The molecule has 2 N–H and O–H groups in total. The minimum absolute atomic E-state index is 0.425. The second-order valence-electron chi connectivity index (χ2n) is 6.51. The maximum atomic E-state index is 10.1. The van der Waals surface area contributed by atoms with Crippen molar-refractivity contribution in [1.29, 1.82) is 0 Å². The van der Waals surface area contributed by atoms with Gasteiger partial charge in [0.15, 0.2) is 0 Å². The van der Waals surface area contributed by atoms with Crippen LogP contribution >= 0.6 is 0 Å². The van der Waals surface area contributed by atoms with Gasteiger partial charge in [-0.2, -0.15) is 0 Å². The fraction of sp³-hybridized carbons (Fsp3) is 1.00. The third-order valence-electron chi connectivity index (χ3n) is 4.77. The van der Waals surface area contributed by atoms with Crippen LogP contribution in [0.1, 0.15) is 52.4 Å². The smallest absolute Gasteiger partial charge is 0.0632 e. The van der Waals surface area contributed by atoms with Crippen molar-refractivity contribution >= 4 is 0 Å². The van der Waals surface area contributed by atoms with E-state index in [1.807, 2.05) is 6.92 Å². The SMILES string of the molecule is CCNC1CCCC1CN1CCCC(C)(O)CC1. The number of rotatable bonds is 4. The molecule has 0 aromatic rings. The Balaban J connectivity index is 1.81. The molecule has 2 aliphatic rings. The molecule has 18 heavy (non-hydrogen) atoms. The van der Waals surface area contributed by atoms with Gasteiger partial charge in [0, 0.05) is 19.1 Å². The summed E-state index contributed by atoms with van der Waals surface area (Å²) in [4.78, 5) is 2.59. The van der Waals surface area contributed by atoms with E-state index >= 15 is 0 Å². The highest BCUT2D eigenvalue weighted by Crippen LogP contribution is 2.28. The van der Waals surface area contributed by atoms with Gasteiger partial charge in [-0.3, -0.25) is 0 Å². The van der Waals surface area contributed by atoms with Crippen LogP contribution in [-0.2, 0) is 0 Å². The largest absolute Gasteiger partial charge is 0.390 e. The highest BCUT2D eigenvalue weighted by molar-refractivity contribution is 4.87. The summed E-state index contributed by atoms with van der Waals surface area (Å²) >= 11 is 0. The summed E-state index contributed by atoms with van der Waals surface area (Å²) in [5.41, 5.74) is -0.425. The molecule has 2 rings (SSSR count). The van der Waals surface area contributed by atoms with Gasteiger partial charge in [0.2, 0.25) is 0 Å². The maximum absolute atomic E-state index is 10.1. The lowest BCUT2D eigenvalue weighted by Gasteiger charge is -2.28. The van der Waals surface area contributed by atoms with E-state index in [9.17, 15) is 5.11 Å². The van der Waals surface area contributed by atoms with Gasteiger partial charge >= 0.3 is 0 Å². The second kappa shape index (κ2) is 6.36. The summed E-state index contributed by atoms with van der Waals surface area (Å²) < 4.78 is 0. The zero-order valence-corrected chi connectivity index (χ0v) is 12.1. The Morgan fingerprint density at radius 2 is 2.06 bits per heavy atom. The predicted molar refractivity (Wildman–Crippen MR) is 75.7 cm³/mol. The third kappa shape index (κ3) is 3.94. The summed E-state index contributed by atoms with van der Waals surface area (Å²) in [6.07, 6.45) is 7.16. The standard InChI is InChI=1S/C15H30N2O/c1-3-16-14-7-4-6-13(14)12-17-10-5-8-15(2,18)9-11-17/h13-14,16,18H,3-12H2,1-2H3. The molecular formula is C15H30N2O. The number of aliphatic hydroxyl groups is 1. The van der Waals surface area contributed by atoms with Crippen LogP contribution in [0.25, 0.3) is 0 Å². The van der Waals surface area contributed by atoms with E-state index in [2.05, 4.69) is 17.1 Å². The van der Waals surface area contributed by atoms with Crippen LogP contribution in [0.4, 0.5) is 0 Å². The molecular weight excluding hydrogens is 224 g/mol. The number of hydrogen-bond acceptors (Lipinski definition) is 3. The van der Waals surface area contributed by atoms with Gasteiger partial charge in [-0.1, -0.05) is 13.3 Å². The first-order valence-electron chi connectivity index (χ1n) is 7.79. The van der Waals surface area contributed by atoms with Crippen molar-refractivity contribution in [3.8, 4) is 0 Å². The molecule has 0 spiro atoms. The van der Waals surface area contributed by atoms with Crippen molar-refractivity contribution in [3.63, 3.8) is 0 Å². The number of likely N-dealkylation sites (tertiary alicyclic amines) is 1. The van der Waals surface area contributed by atoms with Crippen molar-refractivity contribution in [2.75, 3.05) is 26.2 Å². The van der Waals surface area contributed by atoms with E-state index in [4.69, 9.17) is 0 Å². The molecule has 3 atom stereocenters. The molecule has 0 amide bonds. The van der Waals surface area contributed by atoms with Crippen molar-refractivity contribution in [3.05, 3.63) is 0 Å². The average Bonchev–Trinajstić information content (AvgIpc) is 2.66. The first-order valence-corrected chi connectivity index (χ1v) is 7.79. The molecule has 1 saturated heterocycles. The van der Waals surface area contributed by atoms with Crippen LogP contribution in [0.5, 0.6) is 0 Å². The van der Waals surface area contributed by atoms with Gasteiger partial charge in [0.05, 0.1) is 5.60 Å². The van der Waals surface area contributed by atoms with Crippen LogP contribution in [-0.4, -0.2) is 47.8 Å². The van der Waals surface area contributed by atoms with Gasteiger partial charge in [0.1, 0.15) is 0 Å². The van der Waals surface area contributed by atoms with Crippen LogP contribution < -0.4 is 5.32 Å². The molecule has 1 aliphatic carbocycles. The van der Waals surface area contributed by atoms with Gasteiger partial charge < -0.3 is 15.3 Å². The first kappa shape index (κ1) is 14.3. The predicted octanol–water partition coefficient (Wildman–Crippen LogP) is 2.00. The number of nitrogens with one attached hydrogen (secondary N) is 1. The Bertz CT molecular complexity index is 255. The van der Waals surface area contributed by atoms with Gasteiger partial charge in [-0.05, 0) is 58.0 Å². The summed E-state index contributed by atoms with van der Waals surface area (Å²) in [6.45, 7) is 8.77. The second-order valence-corrected chi connectivity index (χ2v) is 6.51. The maximum Gasteiger partial charge on any atom is 0.0632 e. The Hall–Kier alpha value is -0.120. The summed E-state index contributed by atoms with van der Waals surface area (Å²) in [7, 11) is 0. The quantitative estimate of drug-likeness (QED) is 0.805. The minimum atomic E-state index is -0.425. The topological polar surface area (TPSA) is 35.5 Å². The molecule has 106 valence electrons. The van der Waals surface area contributed by atoms with Crippen molar-refractivity contribution in [2.45, 2.75) is 64.0 Å². The van der Waals surface area contributed by atoms with E-state index in [0.717, 1.165) is 44.3 Å². The molecule has 0 aromatic heterocycles. The van der Waals surface area contributed by atoms with Crippen LogP contribution in [0.2, 0.25) is 0 Å². The lowest BCUT2D eigenvalue weighted by Crippen LogP contribution is -2.40. The summed E-state index contributed by atoms with van der Waals surface area (Å²) in [5.74, 6) is 0.827. The minimum Gasteiger partial charge on any atom is -0.390 e. The van der Waals surface area contributed by atoms with E-state index in [1.165, 1.54) is 32.4 Å². The third-order valence-corrected chi connectivity index (χ3v) is 4.77. The summed E-state index contributed by atoms with van der Waals surface area (Å²) in [5, 5.41) is 13.8. The first-order chi connectivity index (χ1) is 8.61. The van der Waals surface area contributed by atoms with Gasteiger partial charge in [-0.15, -0.1) is 0 Å². The zero-order chi connectivity index (χ0) is 13.0. The fourth-order valence-corrected chi connectivity index (χ4v) is 3.62. The molecule has 1 aliphatic heterocycles. The Morgan fingerprint density at radius 1 is 1.22 bits per heavy atom. The van der Waals surface area contributed by atoms with E-state index < -0.39 is 5.60 Å². The molecule has 1 saturated carbocycles. The lowest BCUT2D eigenvalue weighted by molar-refractivity contribution is 0.0440.